The number of halogens is 2. The van der Waals surface area contributed by atoms with Gasteiger partial charge in [0.05, 0.1) is 6.10 Å². The Kier molecular flexibility index (Phi) is 4.37. The van der Waals surface area contributed by atoms with Crippen LogP contribution >= 0.6 is 31.9 Å². The number of benzene rings is 1. The molecule has 0 fully saturated rings. The van der Waals surface area contributed by atoms with Crippen molar-refractivity contribution in [2.24, 2.45) is 0 Å². The molecule has 0 aliphatic carbocycles. The number of aliphatic hydroxyl groups is 1. The molecule has 1 aromatic carbocycles. The third kappa shape index (κ3) is 3.10. The highest BCUT2D eigenvalue weighted by Gasteiger charge is 2.11. The van der Waals surface area contributed by atoms with Crippen molar-refractivity contribution in [3.05, 3.63) is 56.7 Å². The van der Waals surface area contributed by atoms with E-state index < -0.39 is 6.10 Å². The Balaban J connectivity index is 2.19. The van der Waals surface area contributed by atoms with Gasteiger partial charge in [-0.05, 0) is 61.2 Å². The second-order valence-corrected chi connectivity index (χ2v) is 5.68. The summed E-state index contributed by atoms with van der Waals surface area (Å²) >= 11 is 6.82. The maximum Gasteiger partial charge on any atom is 0.0832 e. The van der Waals surface area contributed by atoms with E-state index in [0.29, 0.717) is 12.1 Å². The fourth-order valence-electron chi connectivity index (χ4n) is 1.65. The molecule has 1 aromatic heterocycles. The van der Waals surface area contributed by atoms with Gasteiger partial charge in [-0.25, -0.2) is 0 Å². The standard InChI is InChI=1S/C13H12Br2N2O/c14-10-2-1-8(5-11(10)15)13(18)6-9-7-17-4-3-12(9)16/h1-5,7,13,18H,6H2,(H2,16,17). The van der Waals surface area contributed by atoms with Crippen LogP contribution in [0.2, 0.25) is 0 Å². The molecule has 3 N–H and O–H groups in total. The Morgan fingerprint density at radius 3 is 2.67 bits per heavy atom. The zero-order chi connectivity index (χ0) is 13.1. The predicted octanol–water partition coefficient (Wildman–Crippen LogP) is 3.46. The van der Waals surface area contributed by atoms with E-state index in [1.54, 1.807) is 18.5 Å². The van der Waals surface area contributed by atoms with Gasteiger partial charge in [0.1, 0.15) is 0 Å². The Labute approximate surface area is 122 Å². The summed E-state index contributed by atoms with van der Waals surface area (Å²) in [5, 5.41) is 10.2. The molecule has 0 saturated carbocycles. The Hall–Kier alpha value is -0.910. The highest BCUT2D eigenvalue weighted by Crippen LogP contribution is 2.28. The van der Waals surface area contributed by atoms with Crippen molar-refractivity contribution < 1.29 is 5.11 Å². The molecular formula is C13H12Br2N2O. The molecule has 2 aromatic rings. The Morgan fingerprint density at radius 1 is 1.22 bits per heavy atom. The average Bonchev–Trinajstić information content (AvgIpc) is 2.35. The number of nitrogen functional groups attached to an aromatic ring is 1. The van der Waals surface area contributed by atoms with Crippen molar-refractivity contribution in [3.8, 4) is 0 Å². The summed E-state index contributed by atoms with van der Waals surface area (Å²) in [4.78, 5) is 4.02. The van der Waals surface area contributed by atoms with E-state index in [9.17, 15) is 5.11 Å². The number of hydrogen-bond acceptors (Lipinski definition) is 3. The van der Waals surface area contributed by atoms with Gasteiger partial charge in [-0.15, -0.1) is 0 Å². The van der Waals surface area contributed by atoms with Crippen LogP contribution < -0.4 is 5.73 Å². The van der Waals surface area contributed by atoms with Crippen molar-refractivity contribution in [2.45, 2.75) is 12.5 Å². The second kappa shape index (κ2) is 5.82. The van der Waals surface area contributed by atoms with Crippen LogP contribution in [-0.4, -0.2) is 10.1 Å². The van der Waals surface area contributed by atoms with Crippen molar-refractivity contribution >= 4 is 37.5 Å². The summed E-state index contributed by atoms with van der Waals surface area (Å²) < 4.78 is 1.87. The van der Waals surface area contributed by atoms with Crippen molar-refractivity contribution in [1.29, 1.82) is 0 Å². The molecule has 0 amide bonds. The zero-order valence-corrected chi connectivity index (χ0v) is 12.6. The lowest BCUT2D eigenvalue weighted by molar-refractivity contribution is 0.178. The van der Waals surface area contributed by atoms with Gasteiger partial charge in [-0.1, -0.05) is 6.07 Å². The summed E-state index contributed by atoms with van der Waals surface area (Å²) in [7, 11) is 0. The first-order valence-corrected chi connectivity index (χ1v) is 6.98. The van der Waals surface area contributed by atoms with Gasteiger partial charge in [0.15, 0.2) is 0 Å². The first-order valence-electron chi connectivity index (χ1n) is 5.39. The maximum atomic E-state index is 10.2. The third-order valence-electron chi connectivity index (χ3n) is 2.68. The molecule has 0 saturated heterocycles. The normalized spacial score (nSPS) is 12.4. The van der Waals surface area contributed by atoms with Crippen LogP contribution in [0.4, 0.5) is 5.69 Å². The number of anilines is 1. The minimum absolute atomic E-state index is 0.452. The lowest BCUT2D eigenvalue weighted by atomic mass is 10.0. The van der Waals surface area contributed by atoms with Crippen molar-refractivity contribution in [2.75, 3.05) is 5.73 Å². The molecule has 0 radical (unpaired) electrons. The van der Waals surface area contributed by atoms with Gasteiger partial charge in [-0.2, -0.15) is 0 Å². The number of rotatable bonds is 3. The Morgan fingerprint density at radius 2 is 2.00 bits per heavy atom. The van der Waals surface area contributed by atoms with E-state index in [-0.39, 0.29) is 0 Å². The van der Waals surface area contributed by atoms with Gasteiger partial charge in [-0.3, -0.25) is 4.98 Å². The molecule has 0 spiro atoms. The smallest absolute Gasteiger partial charge is 0.0832 e. The number of aromatic nitrogens is 1. The fourth-order valence-corrected chi connectivity index (χ4v) is 2.30. The van der Waals surface area contributed by atoms with Crippen LogP contribution in [0.15, 0.2) is 45.6 Å². The van der Waals surface area contributed by atoms with E-state index in [0.717, 1.165) is 20.1 Å². The van der Waals surface area contributed by atoms with Crippen LogP contribution in [0.3, 0.4) is 0 Å². The molecule has 18 heavy (non-hydrogen) atoms. The first-order chi connectivity index (χ1) is 8.58. The van der Waals surface area contributed by atoms with E-state index >= 15 is 0 Å². The molecular weight excluding hydrogens is 360 g/mol. The largest absolute Gasteiger partial charge is 0.398 e. The first kappa shape index (κ1) is 13.5. The number of nitrogens with two attached hydrogens (primary N) is 1. The third-order valence-corrected chi connectivity index (χ3v) is 4.56. The summed E-state index contributed by atoms with van der Waals surface area (Å²) in [6.45, 7) is 0. The van der Waals surface area contributed by atoms with E-state index in [4.69, 9.17) is 5.73 Å². The number of hydrogen-bond donors (Lipinski definition) is 2. The molecule has 1 heterocycles. The van der Waals surface area contributed by atoms with Crippen LogP contribution in [0.25, 0.3) is 0 Å². The van der Waals surface area contributed by atoms with Crippen LogP contribution in [0.1, 0.15) is 17.2 Å². The monoisotopic (exact) mass is 370 g/mol. The molecule has 1 unspecified atom stereocenters. The topological polar surface area (TPSA) is 59.1 Å². The molecule has 3 nitrogen and oxygen atoms in total. The number of pyridine rings is 1. The predicted molar refractivity (Wildman–Crippen MR) is 79.2 cm³/mol. The summed E-state index contributed by atoms with van der Waals surface area (Å²) in [5.74, 6) is 0. The minimum atomic E-state index is -0.596. The maximum absolute atomic E-state index is 10.2. The van der Waals surface area contributed by atoms with Gasteiger partial charge < -0.3 is 10.8 Å². The van der Waals surface area contributed by atoms with Gasteiger partial charge in [0.2, 0.25) is 0 Å². The number of nitrogens with zero attached hydrogens (tertiary/aromatic N) is 1. The molecule has 0 bridgehead atoms. The summed E-state index contributed by atoms with van der Waals surface area (Å²) in [5.41, 5.74) is 8.18. The van der Waals surface area contributed by atoms with Crippen LogP contribution in [-0.2, 0) is 6.42 Å². The quantitative estimate of drug-likeness (QED) is 0.868. The van der Waals surface area contributed by atoms with Gasteiger partial charge in [0, 0.05) is 33.4 Å². The van der Waals surface area contributed by atoms with Crippen molar-refractivity contribution in [3.63, 3.8) is 0 Å². The molecule has 2 rings (SSSR count). The minimum Gasteiger partial charge on any atom is -0.398 e. The number of aliphatic hydroxyl groups excluding tert-OH is 1. The SMILES string of the molecule is Nc1ccncc1CC(O)c1ccc(Br)c(Br)c1. The average molecular weight is 372 g/mol. The van der Waals surface area contributed by atoms with Crippen LogP contribution in [0, 0.1) is 0 Å². The summed E-state index contributed by atoms with van der Waals surface area (Å²) in [6.07, 6.45) is 3.18. The fraction of sp³-hybridized carbons (Fsp3) is 0.154. The lowest BCUT2D eigenvalue weighted by Crippen LogP contribution is -2.04. The Bertz CT molecular complexity index is 560. The zero-order valence-electron chi connectivity index (χ0n) is 9.48. The van der Waals surface area contributed by atoms with E-state index in [2.05, 4.69) is 36.8 Å². The molecule has 0 aliphatic rings. The molecule has 5 heteroatoms. The van der Waals surface area contributed by atoms with Crippen LogP contribution in [0.5, 0.6) is 0 Å². The second-order valence-electron chi connectivity index (χ2n) is 3.97. The lowest BCUT2D eigenvalue weighted by Gasteiger charge is -2.13. The van der Waals surface area contributed by atoms with E-state index in [1.165, 1.54) is 0 Å². The summed E-state index contributed by atoms with van der Waals surface area (Å²) in [6, 6.07) is 7.40. The van der Waals surface area contributed by atoms with Gasteiger partial charge >= 0.3 is 0 Å². The van der Waals surface area contributed by atoms with Gasteiger partial charge in [0.25, 0.3) is 0 Å². The molecule has 1 atom stereocenters. The molecule has 94 valence electrons. The highest BCUT2D eigenvalue weighted by molar-refractivity contribution is 9.13. The molecule has 0 aliphatic heterocycles. The van der Waals surface area contributed by atoms with Crippen molar-refractivity contribution in [1.82, 2.24) is 4.98 Å². The highest BCUT2D eigenvalue weighted by atomic mass is 79.9. The van der Waals surface area contributed by atoms with E-state index in [1.807, 2.05) is 18.2 Å².